The molecule has 1 rings (SSSR count). The molecule has 21 heavy (non-hydrogen) atoms. The van der Waals surface area contributed by atoms with E-state index in [1.807, 2.05) is 25.1 Å². The molecule has 6 nitrogen and oxygen atoms in total. The fourth-order valence-corrected chi connectivity index (χ4v) is 1.87. The van der Waals surface area contributed by atoms with E-state index in [0.29, 0.717) is 37.2 Å². The fraction of sp³-hybridized carbons (Fsp3) is 0.467. The summed E-state index contributed by atoms with van der Waals surface area (Å²) in [4.78, 5) is 25.0. The number of hydrogen-bond donors (Lipinski definition) is 2. The summed E-state index contributed by atoms with van der Waals surface area (Å²) in [6, 6.07) is 5.19. The molecule has 1 aromatic rings. The lowest BCUT2D eigenvalue weighted by Gasteiger charge is -2.15. The van der Waals surface area contributed by atoms with Crippen LogP contribution in [0.5, 0.6) is 0 Å². The Balaban J connectivity index is 2.46. The molecule has 6 heteroatoms. The van der Waals surface area contributed by atoms with E-state index < -0.39 is 0 Å². The van der Waals surface area contributed by atoms with Crippen molar-refractivity contribution in [1.82, 2.24) is 5.32 Å². The van der Waals surface area contributed by atoms with Gasteiger partial charge in [-0.25, -0.2) is 0 Å². The number of nitrogens with zero attached hydrogens (tertiary/aromatic N) is 1. The third kappa shape index (κ3) is 5.33. The highest BCUT2D eigenvalue weighted by atomic mass is 16.5. The van der Waals surface area contributed by atoms with E-state index in [9.17, 15) is 9.59 Å². The lowest BCUT2D eigenvalue weighted by molar-refractivity contribution is -0.143. The van der Waals surface area contributed by atoms with Crippen LogP contribution in [0.25, 0.3) is 0 Å². The summed E-state index contributed by atoms with van der Waals surface area (Å²) >= 11 is 0. The molecule has 0 bridgehead atoms. The van der Waals surface area contributed by atoms with Crippen LogP contribution in [-0.2, 0) is 9.53 Å². The van der Waals surface area contributed by atoms with Gasteiger partial charge in [-0.15, -0.1) is 0 Å². The quantitative estimate of drug-likeness (QED) is 0.451. The maximum atomic E-state index is 12.0. The van der Waals surface area contributed by atoms with E-state index in [0.717, 1.165) is 5.69 Å². The Labute approximate surface area is 125 Å². The number of benzene rings is 1. The average Bonchev–Trinajstić information content (AvgIpc) is 2.43. The second-order valence-corrected chi connectivity index (χ2v) is 4.83. The van der Waals surface area contributed by atoms with Crippen molar-refractivity contribution in [3.63, 3.8) is 0 Å². The number of hydrogen-bond acceptors (Lipinski definition) is 5. The molecule has 0 radical (unpaired) electrons. The fourth-order valence-electron chi connectivity index (χ4n) is 1.87. The van der Waals surface area contributed by atoms with E-state index >= 15 is 0 Å². The number of anilines is 2. The summed E-state index contributed by atoms with van der Waals surface area (Å²) in [5.74, 6) is -0.442. The summed E-state index contributed by atoms with van der Waals surface area (Å²) in [7, 11) is 3.78. The smallest absolute Gasteiger partial charge is 0.305 e. The van der Waals surface area contributed by atoms with Crippen molar-refractivity contribution in [1.29, 1.82) is 0 Å². The van der Waals surface area contributed by atoms with Gasteiger partial charge in [-0.1, -0.05) is 0 Å². The first kappa shape index (κ1) is 16.8. The van der Waals surface area contributed by atoms with E-state index in [-0.39, 0.29) is 11.9 Å². The van der Waals surface area contributed by atoms with Crippen molar-refractivity contribution in [2.75, 3.05) is 37.9 Å². The molecule has 0 unspecified atom stereocenters. The molecule has 1 aromatic carbocycles. The Kier molecular flexibility index (Phi) is 6.52. The number of rotatable bonds is 7. The minimum absolute atomic E-state index is 0.198. The molecule has 0 atom stereocenters. The molecule has 0 fully saturated rings. The number of nitrogens with two attached hydrogens (primary N) is 1. The number of nitrogen functional groups attached to an aromatic ring is 1. The Bertz CT molecular complexity index is 501. The SMILES string of the molecule is CCOC(=O)CCCNC(=O)c1ccc(N(C)C)c(N)c1. The van der Waals surface area contributed by atoms with Gasteiger partial charge in [-0.3, -0.25) is 9.59 Å². The molecule has 0 saturated heterocycles. The predicted octanol–water partition coefficient (Wildman–Crippen LogP) is 1.41. The van der Waals surface area contributed by atoms with Crippen molar-refractivity contribution in [3.8, 4) is 0 Å². The maximum absolute atomic E-state index is 12.0. The van der Waals surface area contributed by atoms with Gasteiger partial charge in [0, 0.05) is 32.6 Å². The molecule has 0 aromatic heterocycles. The second-order valence-electron chi connectivity index (χ2n) is 4.83. The largest absolute Gasteiger partial charge is 0.466 e. The molecule has 1 amide bonds. The number of nitrogens with one attached hydrogen (secondary N) is 1. The maximum Gasteiger partial charge on any atom is 0.305 e. The average molecular weight is 293 g/mol. The van der Waals surface area contributed by atoms with E-state index in [2.05, 4.69) is 5.32 Å². The summed E-state index contributed by atoms with van der Waals surface area (Å²) in [6.45, 7) is 2.57. The monoisotopic (exact) mass is 293 g/mol. The van der Waals surface area contributed by atoms with Crippen LogP contribution in [0.3, 0.4) is 0 Å². The Morgan fingerprint density at radius 1 is 1.33 bits per heavy atom. The third-order valence-electron chi connectivity index (χ3n) is 2.92. The van der Waals surface area contributed by atoms with Gasteiger partial charge in [0.15, 0.2) is 0 Å². The second kappa shape index (κ2) is 8.14. The lowest BCUT2D eigenvalue weighted by atomic mass is 10.1. The van der Waals surface area contributed by atoms with Crippen LogP contribution in [0.1, 0.15) is 30.1 Å². The van der Waals surface area contributed by atoms with Crippen molar-refractivity contribution in [3.05, 3.63) is 23.8 Å². The lowest BCUT2D eigenvalue weighted by Crippen LogP contribution is -2.25. The molecule has 3 N–H and O–H groups in total. The van der Waals surface area contributed by atoms with Crippen LogP contribution in [0, 0.1) is 0 Å². The predicted molar refractivity (Wildman–Crippen MR) is 83.4 cm³/mol. The first-order valence-electron chi connectivity index (χ1n) is 6.96. The van der Waals surface area contributed by atoms with Gasteiger partial charge in [0.1, 0.15) is 0 Å². The summed E-state index contributed by atoms with van der Waals surface area (Å²) < 4.78 is 4.81. The number of ether oxygens (including phenoxy) is 1. The van der Waals surface area contributed by atoms with Gasteiger partial charge >= 0.3 is 5.97 Å². The van der Waals surface area contributed by atoms with Gasteiger partial charge in [0.2, 0.25) is 0 Å². The number of carbonyl (C=O) groups is 2. The molecule has 116 valence electrons. The standard InChI is InChI=1S/C15H23N3O3/c1-4-21-14(19)6-5-9-17-15(20)11-7-8-13(18(2)3)12(16)10-11/h7-8,10H,4-6,9,16H2,1-3H3,(H,17,20). The van der Waals surface area contributed by atoms with Gasteiger partial charge in [0.25, 0.3) is 5.91 Å². The van der Waals surface area contributed by atoms with Crippen molar-refractivity contribution in [2.45, 2.75) is 19.8 Å². The zero-order chi connectivity index (χ0) is 15.8. The minimum Gasteiger partial charge on any atom is -0.466 e. The van der Waals surface area contributed by atoms with Gasteiger partial charge < -0.3 is 20.7 Å². The van der Waals surface area contributed by atoms with Gasteiger partial charge in [-0.2, -0.15) is 0 Å². The first-order chi connectivity index (χ1) is 9.95. The van der Waals surface area contributed by atoms with E-state index in [1.165, 1.54) is 0 Å². The number of carbonyl (C=O) groups excluding carboxylic acids is 2. The molecule has 0 aliphatic rings. The molecule has 0 saturated carbocycles. The third-order valence-corrected chi connectivity index (χ3v) is 2.92. The molecular weight excluding hydrogens is 270 g/mol. The molecular formula is C15H23N3O3. The van der Waals surface area contributed by atoms with Crippen molar-refractivity contribution >= 4 is 23.3 Å². The van der Waals surface area contributed by atoms with Crippen molar-refractivity contribution in [2.24, 2.45) is 0 Å². The molecule has 0 aliphatic heterocycles. The Morgan fingerprint density at radius 2 is 2.05 bits per heavy atom. The van der Waals surface area contributed by atoms with Gasteiger partial charge in [-0.05, 0) is 31.5 Å². The Morgan fingerprint density at radius 3 is 2.62 bits per heavy atom. The summed E-state index contributed by atoms with van der Waals surface area (Å²) in [6.07, 6.45) is 0.853. The first-order valence-corrected chi connectivity index (χ1v) is 6.96. The minimum atomic E-state index is -0.244. The van der Waals surface area contributed by atoms with Crippen LogP contribution < -0.4 is 16.0 Å². The highest BCUT2D eigenvalue weighted by Crippen LogP contribution is 2.22. The topological polar surface area (TPSA) is 84.7 Å². The molecule has 0 heterocycles. The highest BCUT2D eigenvalue weighted by molar-refractivity contribution is 5.96. The van der Waals surface area contributed by atoms with Crippen LogP contribution in [0.2, 0.25) is 0 Å². The summed E-state index contributed by atoms with van der Waals surface area (Å²) in [5.41, 5.74) is 7.84. The molecule has 0 aliphatic carbocycles. The normalized spacial score (nSPS) is 10.0. The van der Waals surface area contributed by atoms with Crippen molar-refractivity contribution < 1.29 is 14.3 Å². The highest BCUT2D eigenvalue weighted by Gasteiger charge is 2.09. The zero-order valence-corrected chi connectivity index (χ0v) is 12.8. The van der Waals surface area contributed by atoms with Crippen LogP contribution in [0.4, 0.5) is 11.4 Å². The van der Waals surface area contributed by atoms with E-state index in [4.69, 9.17) is 10.5 Å². The van der Waals surface area contributed by atoms with Gasteiger partial charge in [0.05, 0.1) is 18.0 Å². The molecule has 0 spiro atoms. The van der Waals surface area contributed by atoms with Crippen LogP contribution in [-0.4, -0.2) is 39.1 Å². The van der Waals surface area contributed by atoms with Crippen LogP contribution in [0.15, 0.2) is 18.2 Å². The number of amides is 1. The zero-order valence-electron chi connectivity index (χ0n) is 12.8. The van der Waals surface area contributed by atoms with E-state index in [1.54, 1.807) is 19.1 Å². The Hall–Kier alpha value is -2.24. The summed E-state index contributed by atoms with van der Waals surface area (Å²) in [5, 5.41) is 2.76. The van der Waals surface area contributed by atoms with Crippen LogP contribution >= 0.6 is 0 Å². The number of esters is 1.